The Bertz CT molecular complexity index is 373. The van der Waals surface area contributed by atoms with Crippen LogP contribution in [-0.2, 0) is 14.4 Å². The standard InChI is InChI=1S/C12H21N3O3/c1-7(14-11(18)12(2,3)4)10(17)15-6-5-8(15)9(13)16/h7-8H,5-6H2,1-4H3,(H2,13,16)(H,14,18)/p+1. The van der Waals surface area contributed by atoms with Gasteiger partial charge in [0, 0.05) is 12.0 Å². The highest BCUT2D eigenvalue weighted by atomic mass is 16.2. The molecule has 0 spiro atoms. The fraction of sp³-hybridized carbons (Fsp3) is 0.750. The lowest BCUT2D eigenvalue weighted by Gasteiger charge is -2.39. The Hall–Kier alpha value is -1.43. The first kappa shape index (κ1) is 14.6. The first-order valence-corrected chi connectivity index (χ1v) is 6.12. The number of nitrogens with one attached hydrogen (secondary N) is 1. The highest BCUT2D eigenvalue weighted by molar-refractivity contribution is 5.92. The van der Waals surface area contributed by atoms with E-state index in [4.69, 9.17) is 0 Å². The molecule has 1 aliphatic heterocycles. The lowest BCUT2D eigenvalue weighted by atomic mass is 9.95. The number of likely N-dealkylation sites (tertiary alicyclic amines) is 1. The van der Waals surface area contributed by atoms with Gasteiger partial charge in [-0.15, -0.1) is 0 Å². The normalized spacial score (nSPS) is 20.9. The smallest absolute Gasteiger partial charge is 0.331 e. The van der Waals surface area contributed by atoms with E-state index in [9.17, 15) is 14.4 Å². The Balaban J connectivity index is 2.58. The van der Waals surface area contributed by atoms with Crippen LogP contribution in [-0.4, -0.2) is 41.2 Å². The number of hydrogen-bond acceptors (Lipinski definition) is 3. The average molecular weight is 256 g/mol. The summed E-state index contributed by atoms with van der Waals surface area (Å²) in [6, 6.07) is -1.02. The number of hydrogen-bond donors (Lipinski definition) is 2. The van der Waals surface area contributed by atoms with Gasteiger partial charge in [-0.25, -0.2) is 4.79 Å². The van der Waals surface area contributed by atoms with Gasteiger partial charge < -0.3 is 10.2 Å². The molecule has 0 radical (unpaired) electrons. The van der Waals surface area contributed by atoms with Gasteiger partial charge in [0.2, 0.25) is 11.8 Å². The molecule has 0 saturated carbocycles. The summed E-state index contributed by atoms with van der Waals surface area (Å²) < 4.78 is 0. The summed E-state index contributed by atoms with van der Waals surface area (Å²) in [5.41, 5.74) is 2.80. The van der Waals surface area contributed by atoms with Crippen molar-refractivity contribution in [2.75, 3.05) is 6.54 Å². The molecule has 1 aliphatic rings. The number of carbonyl (C=O) groups excluding carboxylic acids is 3. The zero-order valence-electron chi connectivity index (χ0n) is 11.4. The van der Waals surface area contributed by atoms with Crippen molar-refractivity contribution in [3.63, 3.8) is 0 Å². The summed E-state index contributed by atoms with van der Waals surface area (Å²) in [7, 11) is 0. The van der Waals surface area contributed by atoms with Crippen LogP contribution < -0.4 is 11.1 Å². The third-order valence-electron chi connectivity index (χ3n) is 3.07. The first-order chi connectivity index (χ1) is 8.14. The third-order valence-corrected chi connectivity index (χ3v) is 3.07. The predicted octanol–water partition coefficient (Wildman–Crippen LogP) is -1.09. The molecule has 0 bridgehead atoms. The molecule has 0 aromatic rings. The molecular formula is C12H22N3O3+. The quantitative estimate of drug-likeness (QED) is 0.671. The molecule has 4 N–H and O–H groups in total. The fourth-order valence-electron chi connectivity index (χ4n) is 1.71. The van der Waals surface area contributed by atoms with Gasteiger partial charge in [0.05, 0.1) is 0 Å². The van der Waals surface area contributed by atoms with E-state index < -0.39 is 17.5 Å². The van der Waals surface area contributed by atoms with E-state index in [1.165, 1.54) is 4.90 Å². The zero-order valence-corrected chi connectivity index (χ0v) is 11.4. The van der Waals surface area contributed by atoms with Gasteiger partial charge in [-0.2, -0.15) is 0 Å². The Morgan fingerprint density at radius 3 is 2.22 bits per heavy atom. The molecule has 2 atom stereocenters. The maximum atomic E-state index is 12.0. The predicted molar refractivity (Wildman–Crippen MR) is 65.1 cm³/mol. The van der Waals surface area contributed by atoms with Crippen molar-refractivity contribution in [1.29, 1.82) is 0 Å². The van der Waals surface area contributed by atoms with Gasteiger partial charge in [-0.05, 0) is 13.3 Å². The second-order valence-electron chi connectivity index (χ2n) is 5.75. The first-order valence-electron chi connectivity index (χ1n) is 6.12. The summed E-state index contributed by atoms with van der Waals surface area (Å²) in [4.78, 5) is 36.4. The van der Waals surface area contributed by atoms with E-state index in [-0.39, 0.29) is 17.7 Å². The van der Waals surface area contributed by atoms with Crippen molar-refractivity contribution in [3.05, 3.63) is 0 Å². The van der Waals surface area contributed by atoms with Crippen molar-refractivity contribution >= 4 is 17.7 Å². The topological polar surface area (TPSA) is 94.1 Å². The molecule has 3 amide bonds. The Kier molecular flexibility index (Phi) is 4.11. The summed E-state index contributed by atoms with van der Waals surface area (Å²) in [5, 5.41) is 2.67. The van der Waals surface area contributed by atoms with Gasteiger partial charge in [0.15, 0.2) is 0 Å². The molecule has 18 heavy (non-hydrogen) atoms. The van der Waals surface area contributed by atoms with E-state index in [0.29, 0.717) is 13.0 Å². The second kappa shape index (κ2) is 5.06. The van der Waals surface area contributed by atoms with Crippen LogP contribution in [0.3, 0.4) is 0 Å². The van der Waals surface area contributed by atoms with Crippen LogP contribution in [0.4, 0.5) is 0 Å². The average Bonchev–Trinajstić information content (AvgIpc) is 2.12. The monoisotopic (exact) mass is 256 g/mol. The largest absolute Gasteiger partial charge is 0.344 e. The lowest BCUT2D eigenvalue weighted by Crippen LogP contribution is -2.72. The number of quaternary nitrogens is 1. The number of amides is 3. The molecular weight excluding hydrogens is 234 g/mol. The summed E-state index contributed by atoms with van der Waals surface area (Å²) in [6.07, 6.45) is 0.661. The van der Waals surface area contributed by atoms with Crippen LogP contribution in [0.15, 0.2) is 0 Å². The van der Waals surface area contributed by atoms with Crippen molar-refractivity contribution in [3.8, 4) is 0 Å². The molecule has 0 aromatic heterocycles. The molecule has 102 valence electrons. The molecule has 1 saturated heterocycles. The van der Waals surface area contributed by atoms with Gasteiger partial charge in [-0.3, -0.25) is 15.3 Å². The molecule has 1 heterocycles. The minimum absolute atomic E-state index is 0.179. The van der Waals surface area contributed by atoms with Crippen molar-refractivity contribution in [1.82, 2.24) is 10.2 Å². The molecule has 6 nitrogen and oxygen atoms in total. The minimum atomic E-state index is -0.612. The van der Waals surface area contributed by atoms with E-state index in [0.717, 1.165) is 0 Å². The second-order valence-corrected chi connectivity index (χ2v) is 5.75. The highest BCUT2D eigenvalue weighted by Gasteiger charge is 2.40. The van der Waals surface area contributed by atoms with Crippen LogP contribution in [0.5, 0.6) is 0 Å². The van der Waals surface area contributed by atoms with E-state index >= 15 is 0 Å². The van der Waals surface area contributed by atoms with Crippen LogP contribution in [0, 0.1) is 5.41 Å². The zero-order chi connectivity index (χ0) is 14.1. The molecule has 2 unspecified atom stereocenters. The van der Waals surface area contributed by atoms with Gasteiger partial charge in [-0.1, -0.05) is 20.8 Å². The Morgan fingerprint density at radius 2 is 1.89 bits per heavy atom. The van der Waals surface area contributed by atoms with Crippen molar-refractivity contribution in [2.24, 2.45) is 5.41 Å². The number of nitrogens with zero attached hydrogens (tertiary/aromatic N) is 1. The molecule has 6 heteroatoms. The highest BCUT2D eigenvalue weighted by Crippen LogP contribution is 2.18. The van der Waals surface area contributed by atoms with Gasteiger partial charge in [0.25, 0.3) is 0 Å². The minimum Gasteiger partial charge on any atom is -0.344 e. The summed E-state index contributed by atoms with van der Waals surface area (Å²) in [5.74, 6) is -0.647. The van der Waals surface area contributed by atoms with Gasteiger partial charge >= 0.3 is 5.91 Å². The molecule has 0 aromatic carbocycles. The van der Waals surface area contributed by atoms with E-state index in [1.54, 1.807) is 27.7 Å². The molecule has 1 fully saturated rings. The van der Waals surface area contributed by atoms with Crippen LogP contribution >= 0.6 is 0 Å². The SMILES string of the molecule is CC(NC(=O)C(C)(C)C)C(=O)N1CCC1C([NH3+])=O. The summed E-state index contributed by atoms with van der Waals surface area (Å²) in [6.45, 7) is 7.54. The van der Waals surface area contributed by atoms with Crippen molar-refractivity contribution < 1.29 is 20.1 Å². The maximum absolute atomic E-state index is 12.0. The lowest BCUT2D eigenvalue weighted by molar-refractivity contribution is -0.314. The van der Waals surface area contributed by atoms with E-state index in [1.807, 2.05) is 0 Å². The molecule has 0 aliphatic carbocycles. The maximum Gasteiger partial charge on any atom is 0.331 e. The van der Waals surface area contributed by atoms with Gasteiger partial charge in [0.1, 0.15) is 12.1 Å². The number of carbonyl (C=O) groups is 3. The van der Waals surface area contributed by atoms with Crippen molar-refractivity contribution in [2.45, 2.75) is 46.2 Å². The third kappa shape index (κ3) is 3.07. The Labute approximate surface area is 107 Å². The molecule has 1 rings (SSSR count). The van der Waals surface area contributed by atoms with Crippen LogP contribution in [0.25, 0.3) is 0 Å². The van der Waals surface area contributed by atoms with Crippen LogP contribution in [0.1, 0.15) is 34.1 Å². The fourth-order valence-corrected chi connectivity index (χ4v) is 1.71. The Morgan fingerprint density at radius 1 is 1.33 bits per heavy atom. The number of rotatable bonds is 3. The van der Waals surface area contributed by atoms with Crippen LogP contribution in [0.2, 0.25) is 0 Å². The van der Waals surface area contributed by atoms with E-state index in [2.05, 4.69) is 11.1 Å². The summed E-state index contributed by atoms with van der Waals surface area (Å²) >= 11 is 0.